The highest BCUT2D eigenvalue weighted by Gasteiger charge is 2.05. The van der Waals surface area contributed by atoms with E-state index in [1.165, 1.54) is 6.21 Å². The van der Waals surface area contributed by atoms with Crippen molar-refractivity contribution in [2.45, 2.75) is 6.10 Å². The standard InChI is InChI=1S/C16H17NO3/c1-20-14-7-8-15(18)13(9-14)10-17-11-16(19)12-5-3-2-4-6-12/h2-10,16,18-19H,11H2,1H3/t16-/m0/s1. The molecule has 20 heavy (non-hydrogen) atoms. The number of phenols is 1. The number of nitrogens with zero attached hydrogens (tertiary/aromatic N) is 1. The maximum Gasteiger partial charge on any atom is 0.124 e. The average Bonchev–Trinajstić information content (AvgIpc) is 2.50. The molecule has 2 aromatic carbocycles. The summed E-state index contributed by atoms with van der Waals surface area (Å²) in [4.78, 5) is 4.16. The van der Waals surface area contributed by atoms with Gasteiger partial charge in [-0.05, 0) is 23.8 Å². The van der Waals surface area contributed by atoms with Crippen LogP contribution in [0.2, 0.25) is 0 Å². The van der Waals surface area contributed by atoms with E-state index in [9.17, 15) is 10.2 Å². The molecule has 0 aliphatic carbocycles. The molecular weight excluding hydrogens is 254 g/mol. The van der Waals surface area contributed by atoms with Crippen molar-refractivity contribution in [1.82, 2.24) is 0 Å². The lowest BCUT2D eigenvalue weighted by atomic mass is 10.1. The van der Waals surface area contributed by atoms with Crippen molar-refractivity contribution in [2.75, 3.05) is 13.7 Å². The summed E-state index contributed by atoms with van der Waals surface area (Å²) in [6.07, 6.45) is 0.879. The van der Waals surface area contributed by atoms with Crippen LogP contribution in [-0.4, -0.2) is 30.1 Å². The molecule has 0 aromatic heterocycles. The second-order valence-electron chi connectivity index (χ2n) is 4.35. The Morgan fingerprint density at radius 2 is 1.95 bits per heavy atom. The number of aliphatic hydroxyl groups excluding tert-OH is 1. The molecule has 0 heterocycles. The third kappa shape index (κ3) is 3.59. The molecule has 0 aliphatic heterocycles. The molecule has 2 aromatic rings. The Morgan fingerprint density at radius 1 is 1.20 bits per heavy atom. The van der Waals surface area contributed by atoms with Gasteiger partial charge in [-0.15, -0.1) is 0 Å². The minimum absolute atomic E-state index is 0.128. The SMILES string of the molecule is COc1ccc(O)c(C=NC[C@H](O)c2ccccc2)c1. The summed E-state index contributed by atoms with van der Waals surface area (Å²) in [7, 11) is 1.56. The minimum atomic E-state index is -0.653. The predicted molar refractivity (Wildman–Crippen MR) is 78.5 cm³/mol. The molecule has 0 radical (unpaired) electrons. The van der Waals surface area contributed by atoms with Gasteiger partial charge in [0.25, 0.3) is 0 Å². The highest BCUT2D eigenvalue weighted by molar-refractivity contribution is 5.84. The van der Waals surface area contributed by atoms with Gasteiger partial charge in [0.05, 0.1) is 19.8 Å². The third-order valence-electron chi connectivity index (χ3n) is 2.93. The summed E-state index contributed by atoms with van der Waals surface area (Å²) in [5.41, 5.74) is 1.38. The van der Waals surface area contributed by atoms with Crippen molar-refractivity contribution >= 4 is 6.21 Å². The molecule has 0 unspecified atom stereocenters. The van der Waals surface area contributed by atoms with E-state index in [4.69, 9.17) is 4.74 Å². The van der Waals surface area contributed by atoms with Crippen LogP contribution in [-0.2, 0) is 0 Å². The number of aliphatic hydroxyl groups is 1. The largest absolute Gasteiger partial charge is 0.507 e. The van der Waals surface area contributed by atoms with Crippen molar-refractivity contribution in [2.24, 2.45) is 4.99 Å². The second kappa shape index (κ2) is 6.73. The zero-order chi connectivity index (χ0) is 14.4. The number of hydrogen-bond donors (Lipinski definition) is 2. The van der Waals surface area contributed by atoms with Gasteiger partial charge in [-0.1, -0.05) is 30.3 Å². The van der Waals surface area contributed by atoms with Crippen LogP contribution in [0.15, 0.2) is 53.5 Å². The lowest BCUT2D eigenvalue weighted by Gasteiger charge is -2.07. The molecule has 4 heteroatoms. The number of phenolic OH excluding ortho intramolecular Hbond substituents is 1. The molecule has 0 spiro atoms. The van der Waals surface area contributed by atoms with Gasteiger partial charge in [-0.2, -0.15) is 0 Å². The first-order valence-corrected chi connectivity index (χ1v) is 6.30. The summed E-state index contributed by atoms with van der Waals surface area (Å²) in [5, 5.41) is 19.7. The number of aromatic hydroxyl groups is 1. The van der Waals surface area contributed by atoms with Crippen LogP contribution in [0.4, 0.5) is 0 Å². The van der Waals surface area contributed by atoms with Gasteiger partial charge < -0.3 is 14.9 Å². The van der Waals surface area contributed by atoms with Crippen LogP contribution in [0.1, 0.15) is 17.2 Å². The van der Waals surface area contributed by atoms with Gasteiger partial charge in [0.1, 0.15) is 11.5 Å². The van der Waals surface area contributed by atoms with E-state index in [1.54, 1.807) is 25.3 Å². The molecular formula is C16H17NO3. The summed E-state index contributed by atoms with van der Waals surface area (Å²) in [5.74, 6) is 0.775. The van der Waals surface area contributed by atoms with E-state index in [0.717, 1.165) is 5.56 Å². The van der Waals surface area contributed by atoms with Crippen molar-refractivity contribution in [3.63, 3.8) is 0 Å². The molecule has 0 aliphatic rings. The van der Waals surface area contributed by atoms with E-state index >= 15 is 0 Å². The highest BCUT2D eigenvalue weighted by Crippen LogP contribution is 2.21. The van der Waals surface area contributed by atoms with Crippen LogP contribution in [0, 0.1) is 0 Å². The Morgan fingerprint density at radius 3 is 2.65 bits per heavy atom. The number of aliphatic imine (C=N–C) groups is 1. The normalized spacial score (nSPS) is 12.5. The van der Waals surface area contributed by atoms with Gasteiger partial charge in [0.2, 0.25) is 0 Å². The van der Waals surface area contributed by atoms with E-state index in [0.29, 0.717) is 11.3 Å². The molecule has 0 bridgehead atoms. The molecule has 2 N–H and O–H groups in total. The summed E-state index contributed by atoms with van der Waals surface area (Å²) >= 11 is 0. The predicted octanol–water partition coefficient (Wildman–Crippen LogP) is 2.55. The van der Waals surface area contributed by atoms with Crippen LogP contribution < -0.4 is 4.74 Å². The molecule has 2 rings (SSSR count). The molecule has 4 nitrogen and oxygen atoms in total. The Bertz CT molecular complexity index is 582. The highest BCUT2D eigenvalue weighted by atomic mass is 16.5. The van der Waals surface area contributed by atoms with Crippen molar-refractivity contribution in [1.29, 1.82) is 0 Å². The molecule has 0 fully saturated rings. The fourth-order valence-corrected chi connectivity index (χ4v) is 1.79. The van der Waals surface area contributed by atoms with E-state index in [-0.39, 0.29) is 12.3 Å². The summed E-state index contributed by atoms with van der Waals surface area (Å²) in [6.45, 7) is 0.237. The second-order valence-corrected chi connectivity index (χ2v) is 4.35. The lowest BCUT2D eigenvalue weighted by molar-refractivity contribution is 0.187. The zero-order valence-corrected chi connectivity index (χ0v) is 11.2. The molecule has 1 atom stereocenters. The Hall–Kier alpha value is -2.33. The number of benzene rings is 2. The number of hydrogen-bond acceptors (Lipinski definition) is 4. The topological polar surface area (TPSA) is 62.0 Å². The Balaban J connectivity index is 2.03. The summed E-state index contributed by atoms with van der Waals surface area (Å²) in [6, 6.07) is 14.2. The van der Waals surface area contributed by atoms with E-state index in [2.05, 4.69) is 4.99 Å². The Labute approximate surface area is 118 Å². The van der Waals surface area contributed by atoms with Crippen molar-refractivity contribution < 1.29 is 14.9 Å². The first-order chi connectivity index (χ1) is 9.70. The monoisotopic (exact) mass is 271 g/mol. The quantitative estimate of drug-likeness (QED) is 0.821. The van der Waals surface area contributed by atoms with Gasteiger partial charge in [-0.3, -0.25) is 4.99 Å². The number of methoxy groups -OCH3 is 1. The third-order valence-corrected chi connectivity index (χ3v) is 2.93. The lowest BCUT2D eigenvalue weighted by Crippen LogP contribution is -2.01. The smallest absolute Gasteiger partial charge is 0.124 e. The Kier molecular flexibility index (Phi) is 4.74. The fraction of sp³-hybridized carbons (Fsp3) is 0.188. The minimum Gasteiger partial charge on any atom is -0.507 e. The first-order valence-electron chi connectivity index (χ1n) is 6.30. The molecule has 0 saturated carbocycles. The van der Waals surface area contributed by atoms with Gasteiger partial charge in [-0.25, -0.2) is 0 Å². The number of ether oxygens (including phenoxy) is 1. The molecule has 0 saturated heterocycles. The van der Waals surface area contributed by atoms with Crippen LogP contribution >= 0.6 is 0 Å². The maximum atomic E-state index is 9.97. The van der Waals surface area contributed by atoms with Crippen LogP contribution in [0.3, 0.4) is 0 Å². The first kappa shape index (κ1) is 14.1. The summed E-state index contributed by atoms with van der Waals surface area (Å²) < 4.78 is 5.08. The average molecular weight is 271 g/mol. The van der Waals surface area contributed by atoms with Gasteiger partial charge in [0.15, 0.2) is 0 Å². The van der Waals surface area contributed by atoms with Crippen LogP contribution in [0.5, 0.6) is 11.5 Å². The van der Waals surface area contributed by atoms with Crippen molar-refractivity contribution in [3.05, 3.63) is 59.7 Å². The van der Waals surface area contributed by atoms with Gasteiger partial charge in [0, 0.05) is 11.8 Å². The van der Waals surface area contributed by atoms with E-state index < -0.39 is 6.10 Å². The maximum absolute atomic E-state index is 9.97. The van der Waals surface area contributed by atoms with Gasteiger partial charge >= 0.3 is 0 Å². The fourth-order valence-electron chi connectivity index (χ4n) is 1.79. The number of rotatable bonds is 5. The zero-order valence-electron chi connectivity index (χ0n) is 11.2. The van der Waals surface area contributed by atoms with E-state index in [1.807, 2.05) is 30.3 Å². The van der Waals surface area contributed by atoms with Crippen LogP contribution in [0.25, 0.3) is 0 Å². The molecule has 0 amide bonds. The molecule has 104 valence electrons. The van der Waals surface area contributed by atoms with Crippen molar-refractivity contribution in [3.8, 4) is 11.5 Å².